The first kappa shape index (κ1) is 23.2. The minimum atomic E-state index is -1.06. The maximum Gasteiger partial charge on any atom is 0.323 e. The summed E-state index contributed by atoms with van der Waals surface area (Å²) in [6.07, 6.45) is 6.46. The number of unbranched alkanes of at least 4 members (excludes halogenated alkanes) is 1. The number of carbonyl (C=O) groups is 2. The molecule has 10 nitrogen and oxygen atoms in total. The molecule has 0 bridgehead atoms. The van der Waals surface area contributed by atoms with Crippen molar-refractivity contribution in [2.24, 2.45) is 0 Å². The lowest BCUT2D eigenvalue weighted by molar-refractivity contribution is -0.136. The average molecular weight is 484 g/mol. The molecule has 4 aromatic rings. The summed E-state index contributed by atoms with van der Waals surface area (Å²) in [5.41, 5.74) is 4.52. The Morgan fingerprint density at radius 2 is 1.94 bits per heavy atom. The number of nitrogens with zero attached hydrogens (tertiary/aromatic N) is 6. The Hall–Kier alpha value is -4.60. The molecule has 182 valence electrons. The van der Waals surface area contributed by atoms with Crippen LogP contribution < -0.4 is 4.90 Å². The highest BCUT2D eigenvalue weighted by Gasteiger charge is 2.33. The third-order valence-corrected chi connectivity index (χ3v) is 6.18. The Kier molecular flexibility index (Phi) is 6.40. The number of tetrazole rings is 1. The van der Waals surface area contributed by atoms with Crippen molar-refractivity contribution in [2.75, 3.05) is 11.4 Å². The number of aromatic nitrogens is 6. The van der Waals surface area contributed by atoms with Gasteiger partial charge >= 0.3 is 5.97 Å². The fourth-order valence-electron chi connectivity index (χ4n) is 4.38. The summed E-state index contributed by atoms with van der Waals surface area (Å²) in [5.74, 6) is 0.151. The third-order valence-electron chi connectivity index (χ3n) is 6.18. The van der Waals surface area contributed by atoms with Gasteiger partial charge in [-0.15, -0.1) is 5.10 Å². The van der Waals surface area contributed by atoms with E-state index in [0.29, 0.717) is 23.6 Å². The fourth-order valence-corrected chi connectivity index (χ4v) is 4.38. The van der Waals surface area contributed by atoms with Crippen molar-refractivity contribution in [1.29, 1.82) is 0 Å². The molecule has 0 saturated carbocycles. The van der Waals surface area contributed by atoms with Crippen LogP contribution in [0, 0.1) is 0 Å². The average Bonchev–Trinajstić information content (AvgIpc) is 3.60. The number of hydrogen-bond acceptors (Lipinski definition) is 6. The summed E-state index contributed by atoms with van der Waals surface area (Å²) >= 11 is 0. The molecule has 0 spiro atoms. The Bertz CT molecular complexity index is 1420. The Labute approximate surface area is 207 Å². The lowest BCUT2D eigenvalue weighted by Gasteiger charge is -2.13. The summed E-state index contributed by atoms with van der Waals surface area (Å²) in [7, 11) is 0. The zero-order valence-electron chi connectivity index (χ0n) is 19.8. The van der Waals surface area contributed by atoms with Gasteiger partial charge in [-0.3, -0.25) is 14.5 Å². The molecule has 0 atom stereocenters. The van der Waals surface area contributed by atoms with Gasteiger partial charge in [0, 0.05) is 24.1 Å². The lowest BCUT2D eigenvalue weighted by Crippen LogP contribution is -2.32. The van der Waals surface area contributed by atoms with Crippen LogP contribution in [0.3, 0.4) is 0 Å². The number of aromatic amines is 1. The molecule has 0 fully saturated rings. The normalized spacial score (nSPS) is 14.0. The van der Waals surface area contributed by atoms with Gasteiger partial charge in [-0.2, -0.15) is 0 Å². The minimum Gasteiger partial charge on any atom is -0.480 e. The SMILES string of the molecule is CCCCc1ncc(C=C2C(=O)N(CC(=O)O)c3ccccc32)n1Cc1ccc(-c2nnn[nH]2)cc1. The van der Waals surface area contributed by atoms with Gasteiger partial charge in [-0.05, 0) is 34.6 Å². The molecule has 5 rings (SSSR count). The van der Waals surface area contributed by atoms with Gasteiger partial charge in [0.1, 0.15) is 12.4 Å². The lowest BCUT2D eigenvalue weighted by atomic mass is 10.1. The molecule has 0 saturated heterocycles. The van der Waals surface area contributed by atoms with Crippen molar-refractivity contribution in [3.05, 3.63) is 77.4 Å². The van der Waals surface area contributed by atoms with Crippen LogP contribution in [-0.4, -0.2) is 53.7 Å². The van der Waals surface area contributed by atoms with Crippen LogP contribution in [0.2, 0.25) is 0 Å². The number of benzene rings is 2. The Morgan fingerprint density at radius 3 is 2.67 bits per heavy atom. The monoisotopic (exact) mass is 483 g/mol. The molecule has 0 unspecified atom stereocenters. The van der Waals surface area contributed by atoms with Crippen LogP contribution in [-0.2, 0) is 22.6 Å². The van der Waals surface area contributed by atoms with E-state index < -0.39 is 5.97 Å². The van der Waals surface area contributed by atoms with E-state index in [1.807, 2.05) is 42.5 Å². The standard InChI is InChI=1S/C26H25N7O3/c1-2-3-8-23-27-14-19(32(23)15-17-9-11-18(12-10-17)25-28-30-31-29-25)13-21-20-6-4-5-7-22(20)33(26(21)36)16-24(34)35/h4-7,9-14H,2-3,8,15-16H2,1H3,(H,34,35)(H,28,29,30,31). The molecule has 2 aromatic heterocycles. The molecule has 2 aromatic carbocycles. The van der Waals surface area contributed by atoms with Crippen LogP contribution in [0.5, 0.6) is 0 Å². The van der Waals surface area contributed by atoms with E-state index in [4.69, 9.17) is 0 Å². The number of H-pyrrole nitrogens is 1. The number of para-hydroxylation sites is 1. The number of carboxylic acids is 1. The van der Waals surface area contributed by atoms with Crippen molar-refractivity contribution in [3.8, 4) is 11.4 Å². The summed E-state index contributed by atoms with van der Waals surface area (Å²) in [6, 6.07) is 15.2. The summed E-state index contributed by atoms with van der Waals surface area (Å²) in [5, 5.41) is 23.3. The van der Waals surface area contributed by atoms with Crippen LogP contribution in [0.4, 0.5) is 5.69 Å². The Balaban J connectivity index is 1.51. The van der Waals surface area contributed by atoms with Gasteiger partial charge in [0.25, 0.3) is 5.91 Å². The van der Waals surface area contributed by atoms with Gasteiger partial charge in [0.15, 0.2) is 5.82 Å². The van der Waals surface area contributed by atoms with E-state index in [-0.39, 0.29) is 12.5 Å². The number of aliphatic carboxylic acids is 1. The molecule has 1 aliphatic heterocycles. The molecule has 36 heavy (non-hydrogen) atoms. The number of carbonyl (C=O) groups excluding carboxylic acids is 1. The second kappa shape index (κ2) is 9.95. The van der Waals surface area contributed by atoms with E-state index in [9.17, 15) is 14.7 Å². The van der Waals surface area contributed by atoms with Gasteiger partial charge in [-0.1, -0.05) is 55.8 Å². The first-order valence-electron chi connectivity index (χ1n) is 11.8. The molecule has 10 heteroatoms. The van der Waals surface area contributed by atoms with Gasteiger partial charge in [0.05, 0.1) is 23.2 Å². The quantitative estimate of drug-likeness (QED) is 0.349. The second-order valence-electron chi connectivity index (χ2n) is 8.60. The van der Waals surface area contributed by atoms with E-state index in [2.05, 4.69) is 37.1 Å². The molecular weight excluding hydrogens is 458 g/mol. The van der Waals surface area contributed by atoms with Crippen molar-refractivity contribution in [3.63, 3.8) is 0 Å². The van der Waals surface area contributed by atoms with Crippen molar-refractivity contribution >= 4 is 29.2 Å². The second-order valence-corrected chi connectivity index (χ2v) is 8.60. The smallest absolute Gasteiger partial charge is 0.323 e. The van der Waals surface area contributed by atoms with Crippen LogP contribution in [0.15, 0.2) is 54.7 Å². The number of anilines is 1. The predicted octanol–water partition coefficient (Wildman–Crippen LogP) is 3.43. The molecule has 1 amide bonds. The maximum absolute atomic E-state index is 13.2. The van der Waals surface area contributed by atoms with E-state index in [0.717, 1.165) is 47.5 Å². The molecule has 1 aliphatic rings. The van der Waals surface area contributed by atoms with Crippen LogP contribution in [0.1, 0.15) is 42.4 Å². The fraction of sp³-hybridized carbons (Fsp3) is 0.231. The number of rotatable bonds is 9. The van der Waals surface area contributed by atoms with Crippen LogP contribution >= 0.6 is 0 Å². The topological polar surface area (TPSA) is 130 Å². The number of nitrogens with one attached hydrogen (secondary N) is 1. The summed E-state index contributed by atoms with van der Waals surface area (Å²) in [6.45, 7) is 2.32. The molecular formula is C26H25N7O3. The largest absolute Gasteiger partial charge is 0.480 e. The molecule has 0 aliphatic carbocycles. The highest BCUT2D eigenvalue weighted by molar-refractivity contribution is 6.36. The van der Waals surface area contributed by atoms with Gasteiger partial charge in [-0.25, -0.2) is 10.1 Å². The molecule has 2 N–H and O–H groups in total. The summed E-state index contributed by atoms with van der Waals surface area (Å²) < 4.78 is 2.11. The zero-order chi connectivity index (χ0) is 25.1. The first-order valence-corrected chi connectivity index (χ1v) is 11.8. The number of amides is 1. The van der Waals surface area contributed by atoms with Gasteiger partial charge in [0.2, 0.25) is 0 Å². The van der Waals surface area contributed by atoms with Gasteiger partial charge < -0.3 is 9.67 Å². The van der Waals surface area contributed by atoms with E-state index in [1.165, 1.54) is 4.90 Å². The highest BCUT2D eigenvalue weighted by atomic mass is 16.4. The number of imidazole rings is 1. The van der Waals surface area contributed by atoms with Crippen molar-refractivity contribution in [1.82, 2.24) is 30.2 Å². The Morgan fingerprint density at radius 1 is 1.14 bits per heavy atom. The van der Waals surface area contributed by atoms with E-state index in [1.54, 1.807) is 18.3 Å². The van der Waals surface area contributed by atoms with Crippen LogP contribution in [0.25, 0.3) is 23.0 Å². The number of carboxylic acid groups (broad SMARTS) is 1. The maximum atomic E-state index is 13.2. The number of aryl methyl sites for hydroxylation is 1. The van der Waals surface area contributed by atoms with E-state index >= 15 is 0 Å². The minimum absolute atomic E-state index is 0.327. The summed E-state index contributed by atoms with van der Waals surface area (Å²) in [4.78, 5) is 30.6. The highest BCUT2D eigenvalue weighted by Crippen LogP contribution is 2.37. The zero-order valence-corrected chi connectivity index (χ0v) is 19.8. The van der Waals surface area contributed by atoms with Crippen molar-refractivity contribution in [2.45, 2.75) is 32.7 Å². The first-order chi connectivity index (χ1) is 17.5. The molecule has 3 heterocycles. The molecule has 0 radical (unpaired) electrons. The number of fused-ring (bicyclic) bond motifs is 1. The third kappa shape index (κ3) is 4.52. The van der Waals surface area contributed by atoms with Crippen molar-refractivity contribution < 1.29 is 14.7 Å². The predicted molar refractivity (Wildman–Crippen MR) is 134 cm³/mol. The number of hydrogen-bond donors (Lipinski definition) is 2.